The molecule has 0 aliphatic heterocycles. The number of aryl methyl sites for hydroxylation is 1. The predicted molar refractivity (Wildman–Crippen MR) is 73.9 cm³/mol. The SMILES string of the molecule is C[C@H]1CCCC[C@@H]1Oc1ccccc1CCCO. The third-order valence-electron chi connectivity index (χ3n) is 3.89. The zero-order chi connectivity index (χ0) is 12.8. The van der Waals surface area contributed by atoms with Gasteiger partial charge in [0.15, 0.2) is 0 Å². The van der Waals surface area contributed by atoms with E-state index in [0.29, 0.717) is 12.0 Å². The van der Waals surface area contributed by atoms with Gasteiger partial charge in [-0.3, -0.25) is 0 Å². The summed E-state index contributed by atoms with van der Waals surface area (Å²) in [5, 5.41) is 8.94. The highest BCUT2D eigenvalue weighted by Gasteiger charge is 2.23. The largest absolute Gasteiger partial charge is 0.490 e. The Balaban J connectivity index is 2.03. The van der Waals surface area contributed by atoms with E-state index < -0.39 is 0 Å². The van der Waals surface area contributed by atoms with Crippen molar-refractivity contribution in [2.75, 3.05) is 6.61 Å². The summed E-state index contributed by atoms with van der Waals surface area (Å²) in [6.45, 7) is 2.54. The summed E-state index contributed by atoms with van der Waals surface area (Å²) in [6, 6.07) is 8.25. The van der Waals surface area contributed by atoms with Crippen LogP contribution in [0.4, 0.5) is 0 Å². The minimum atomic E-state index is 0.244. The maximum absolute atomic E-state index is 8.94. The zero-order valence-electron chi connectivity index (χ0n) is 11.3. The first-order chi connectivity index (χ1) is 8.81. The minimum Gasteiger partial charge on any atom is -0.490 e. The van der Waals surface area contributed by atoms with Crippen LogP contribution in [-0.2, 0) is 6.42 Å². The lowest BCUT2D eigenvalue weighted by Crippen LogP contribution is -2.28. The van der Waals surface area contributed by atoms with Crippen LogP contribution >= 0.6 is 0 Å². The van der Waals surface area contributed by atoms with Crippen LogP contribution in [0, 0.1) is 5.92 Å². The van der Waals surface area contributed by atoms with Gasteiger partial charge in [0.25, 0.3) is 0 Å². The van der Waals surface area contributed by atoms with Gasteiger partial charge in [-0.1, -0.05) is 31.5 Å². The number of aliphatic hydroxyl groups is 1. The molecule has 1 aliphatic carbocycles. The van der Waals surface area contributed by atoms with Gasteiger partial charge in [0.05, 0.1) is 0 Å². The Morgan fingerprint density at radius 2 is 2.00 bits per heavy atom. The Bertz CT molecular complexity index is 362. The van der Waals surface area contributed by atoms with Crippen molar-refractivity contribution in [1.82, 2.24) is 0 Å². The van der Waals surface area contributed by atoms with E-state index >= 15 is 0 Å². The Morgan fingerprint density at radius 1 is 1.22 bits per heavy atom. The van der Waals surface area contributed by atoms with Crippen LogP contribution in [-0.4, -0.2) is 17.8 Å². The molecule has 0 spiro atoms. The second-order valence-electron chi connectivity index (χ2n) is 5.35. The number of hydrogen-bond acceptors (Lipinski definition) is 2. The quantitative estimate of drug-likeness (QED) is 0.863. The van der Waals surface area contributed by atoms with Crippen molar-refractivity contribution in [2.45, 2.75) is 51.6 Å². The van der Waals surface area contributed by atoms with Gasteiger partial charge < -0.3 is 9.84 Å². The number of ether oxygens (including phenoxy) is 1. The first kappa shape index (κ1) is 13.4. The zero-order valence-corrected chi connectivity index (χ0v) is 11.3. The van der Waals surface area contributed by atoms with E-state index in [4.69, 9.17) is 9.84 Å². The summed E-state index contributed by atoms with van der Waals surface area (Å²) < 4.78 is 6.21. The summed E-state index contributed by atoms with van der Waals surface area (Å²) in [4.78, 5) is 0. The number of benzene rings is 1. The van der Waals surface area contributed by atoms with Crippen molar-refractivity contribution in [3.05, 3.63) is 29.8 Å². The average molecular weight is 248 g/mol. The van der Waals surface area contributed by atoms with Gasteiger partial charge in [0, 0.05) is 6.61 Å². The fourth-order valence-electron chi connectivity index (χ4n) is 2.72. The van der Waals surface area contributed by atoms with Gasteiger partial charge in [-0.05, 0) is 49.7 Å². The van der Waals surface area contributed by atoms with Crippen LogP contribution in [0.25, 0.3) is 0 Å². The summed E-state index contributed by atoms with van der Waals surface area (Å²) in [6.07, 6.45) is 7.16. The molecule has 2 nitrogen and oxygen atoms in total. The molecule has 2 rings (SSSR count). The highest BCUT2D eigenvalue weighted by molar-refractivity contribution is 5.33. The summed E-state index contributed by atoms with van der Waals surface area (Å²) >= 11 is 0. The molecule has 0 radical (unpaired) electrons. The van der Waals surface area contributed by atoms with Crippen LogP contribution in [0.1, 0.15) is 44.6 Å². The Hall–Kier alpha value is -1.02. The van der Waals surface area contributed by atoms with Crippen molar-refractivity contribution in [3.8, 4) is 5.75 Å². The van der Waals surface area contributed by atoms with E-state index in [-0.39, 0.29) is 6.61 Å². The molecule has 18 heavy (non-hydrogen) atoms. The molecule has 1 aromatic carbocycles. The predicted octanol–water partition coefficient (Wildman–Crippen LogP) is 3.57. The molecule has 0 heterocycles. The minimum absolute atomic E-state index is 0.244. The smallest absolute Gasteiger partial charge is 0.122 e. The fraction of sp³-hybridized carbons (Fsp3) is 0.625. The Kier molecular flexibility index (Phi) is 5.06. The second kappa shape index (κ2) is 6.79. The molecular formula is C16H24O2. The van der Waals surface area contributed by atoms with Crippen molar-refractivity contribution in [3.63, 3.8) is 0 Å². The summed E-state index contributed by atoms with van der Waals surface area (Å²) in [7, 11) is 0. The van der Waals surface area contributed by atoms with Gasteiger partial charge in [-0.15, -0.1) is 0 Å². The molecule has 1 saturated carbocycles. The molecule has 0 aromatic heterocycles. The fourth-order valence-corrected chi connectivity index (χ4v) is 2.72. The van der Waals surface area contributed by atoms with Crippen molar-refractivity contribution < 1.29 is 9.84 Å². The van der Waals surface area contributed by atoms with Gasteiger partial charge in [-0.2, -0.15) is 0 Å². The maximum atomic E-state index is 8.94. The van der Waals surface area contributed by atoms with Crippen LogP contribution in [0.2, 0.25) is 0 Å². The lowest BCUT2D eigenvalue weighted by atomic mass is 9.88. The lowest BCUT2D eigenvalue weighted by Gasteiger charge is -2.30. The number of aliphatic hydroxyl groups excluding tert-OH is 1. The molecule has 1 fully saturated rings. The van der Waals surface area contributed by atoms with Crippen LogP contribution < -0.4 is 4.74 Å². The highest BCUT2D eigenvalue weighted by atomic mass is 16.5. The Labute approximate surface area is 110 Å². The van der Waals surface area contributed by atoms with Crippen molar-refractivity contribution in [2.24, 2.45) is 5.92 Å². The molecule has 0 amide bonds. The molecular weight excluding hydrogens is 224 g/mol. The van der Waals surface area contributed by atoms with E-state index in [2.05, 4.69) is 19.1 Å². The molecule has 1 aromatic rings. The highest BCUT2D eigenvalue weighted by Crippen LogP contribution is 2.30. The first-order valence-electron chi connectivity index (χ1n) is 7.16. The normalized spacial score (nSPS) is 23.9. The number of para-hydroxylation sites is 1. The molecule has 100 valence electrons. The topological polar surface area (TPSA) is 29.5 Å². The molecule has 1 aliphatic rings. The van der Waals surface area contributed by atoms with E-state index in [9.17, 15) is 0 Å². The maximum Gasteiger partial charge on any atom is 0.122 e. The molecule has 2 atom stereocenters. The van der Waals surface area contributed by atoms with E-state index in [1.165, 1.54) is 31.2 Å². The van der Waals surface area contributed by atoms with Crippen LogP contribution in [0.15, 0.2) is 24.3 Å². The van der Waals surface area contributed by atoms with Gasteiger partial charge in [0.1, 0.15) is 11.9 Å². The summed E-state index contributed by atoms with van der Waals surface area (Å²) in [5.74, 6) is 1.68. The third kappa shape index (κ3) is 3.49. The molecule has 0 bridgehead atoms. The van der Waals surface area contributed by atoms with E-state index in [0.717, 1.165) is 18.6 Å². The van der Waals surface area contributed by atoms with Crippen molar-refractivity contribution in [1.29, 1.82) is 0 Å². The van der Waals surface area contributed by atoms with E-state index in [1.807, 2.05) is 12.1 Å². The first-order valence-corrected chi connectivity index (χ1v) is 7.16. The van der Waals surface area contributed by atoms with Gasteiger partial charge >= 0.3 is 0 Å². The number of rotatable bonds is 5. The second-order valence-corrected chi connectivity index (χ2v) is 5.35. The monoisotopic (exact) mass is 248 g/mol. The van der Waals surface area contributed by atoms with Gasteiger partial charge in [-0.25, -0.2) is 0 Å². The van der Waals surface area contributed by atoms with Gasteiger partial charge in [0.2, 0.25) is 0 Å². The van der Waals surface area contributed by atoms with E-state index in [1.54, 1.807) is 0 Å². The molecule has 1 N–H and O–H groups in total. The third-order valence-corrected chi connectivity index (χ3v) is 3.89. The van der Waals surface area contributed by atoms with Crippen LogP contribution in [0.3, 0.4) is 0 Å². The summed E-state index contributed by atoms with van der Waals surface area (Å²) in [5.41, 5.74) is 1.23. The molecule has 0 saturated heterocycles. The molecule has 0 unspecified atom stereocenters. The lowest BCUT2D eigenvalue weighted by molar-refractivity contribution is 0.101. The standard InChI is InChI=1S/C16H24O2/c1-13-7-2-4-10-15(13)18-16-11-5-3-8-14(16)9-6-12-17/h3,5,8,11,13,15,17H,2,4,6-7,9-10,12H2,1H3/t13-,15-/m0/s1. The average Bonchev–Trinajstić information content (AvgIpc) is 2.40. The van der Waals surface area contributed by atoms with Crippen molar-refractivity contribution >= 4 is 0 Å². The molecule has 2 heteroatoms. The van der Waals surface area contributed by atoms with Crippen LogP contribution in [0.5, 0.6) is 5.75 Å². The number of hydrogen-bond donors (Lipinski definition) is 1. The Morgan fingerprint density at radius 3 is 2.78 bits per heavy atom.